The molecule has 1 aliphatic heterocycles. The maximum Gasteiger partial charge on any atom is 0.248 e. The molecule has 1 saturated carbocycles. The van der Waals surface area contributed by atoms with Gasteiger partial charge in [-0.05, 0) is 49.8 Å². The minimum atomic E-state index is -0.699. The van der Waals surface area contributed by atoms with E-state index in [1.165, 1.54) is 0 Å². The van der Waals surface area contributed by atoms with Gasteiger partial charge in [0.05, 0.1) is 6.54 Å². The Morgan fingerprint density at radius 3 is 2.57 bits per heavy atom. The van der Waals surface area contributed by atoms with Gasteiger partial charge in [-0.1, -0.05) is 23.7 Å². The number of amides is 2. The summed E-state index contributed by atoms with van der Waals surface area (Å²) in [6.45, 7) is 2.59. The van der Waals surface area contributed by atoms with Gasteiger partial charge in [-0.15, -0.1) is 0 Å². The first-order chi connectivity index (χ1) is 9.99. The van der Waals surface area contributed by atoms with E-state index in [1.54, 1.807) is 4.90 Å². The average molecular weight is 307 g/mol. The van der Waals surface area contributed by atoms with E-state index in [-0.39, 0.29) is 18.4 Å². The van der Waals surface area contributed by atoms with E-state index in [1.807, 2.05) is 31.2 Å². The molecule has 0 spiro atoms. The highest BCUT2D eigenvalue weighted by Crippen LogP contribution is 2.41. The molecule has 1 saturated heterocycles. The molecule has 4 nitrogen and oxygen atoms in total. The molecule has 0 radical (unpaired) electrons. The predicted octanol–water partition coefficient (Wildman–Crippen LogP) is 2.01. The number of hydrogen-bond donors (Lipinski definition) is 1. The number of carbonyl (C=O) groups is 2. The number of piperazine rings is 1. The second-order valence-corrected chi connectivity index (χ2v) is 6.56. The molecule has 1 aromatic rings. The maximum atomic E-state index is 12.6. The summed E-state index contributed by atoms with van der Waals surface area (Å²) in [7, 11) is 0. The second kappa shape index (κ2) is 5.34. The molecular formula is C16H19ClN2O2. The third-order valence-corrected chi connectivity index (χ3v) is 4.69. The van der Waals surface area contributed by atoms with Crippen molar-refractivity contribution < 1.29 is 9.59 Å². The summed E-state index contributed by atoms with van der Waals surface area (Å²) < 4.78 is 0. The Bertz CT molecular complexity index is 568. The molecule has 1 aliphatic carbocycles. The van der Waals surface area contributed by atoms with E-state index in [2.05, 4.69) is 5.32 Å². The largest absolute Gasteiger partial charge is 0.340 e. The monoisotopic (exact) mass is 306 g/mol. The molecule has 0 aromatic heterocycles. The van der Waals surface area contributed by atoms with Crippen LogP contribution >= 0.6 is 11.6 Å². The molecule has 1 N–H and O–H groups in total. The molecule has 0 bridgehead atoms. The standard InChI is InChI=1S/C16H19ClN2O2/c1-16(12-4-5-12)15(21)19(10-14(20)18-16)9-8-11-2-6-13(17)7-3-11/h2-3,6-7,12H,4-5,8-10H2,1H3,(H,18,20). The highest BCUT2D eigenvalue weighted by Gasteiger charge is 2.52. The zero-order valence-electron chi connectivity index (χ0n) is 12.1. The molecule has 1 unspecified atom stereocenters. The number of benzene rings is 1. The first-order valence-electron chi connectivity index (χ1n) is 7.34. The van der Waals surface area contributed by atoms with Gasteiger partial charge in [0.25, 0.3) is 0 Å². The Morgan fingerprint density at radius 1 is 1.29 bits per heavy atom. The van der Waals surface area contributed by atoms with Gasteiger partial charge in [-0.3, -0.25) is 9.59 Å². The zero-order chi connectivity index (χ0) is 15.0. The third kappa shape index (κ3) is 2.91. The highest BCUT2D eigenvalue weighted by molar-refractivity contribution is 6.30. The maximum absolute atomic E-state index is 12.6. The highest BCUT2D eigenvalue weighted by atomic mass is 35.5. The number of rotatable bonds is 4. The van der Waals surface area contributed by atoms with Crippen LogP contribution in [0.2, 0.25) is 5.02 Å². The molecule has 5 heteroatoms. The van der Waals surface area contributed by atoms with Crippen molar-refractivity contribution in [1.82, 2.24) is 10.2 Å². The molecule has 1 aromatic carbocycles. The van der Waals surface area contributed by atoms with Crippen LogP contribution in [-0.4, -0.2) is 35.3 Å². The quantitative estimate of drug-likeness (QED) is 0.925. The molecule has 2 amide bonds. The fourth-order valence-electron chi connectivity index (χ4n) is 2.99. The molecule has 3 rings (SSSR count). The van der Waals surface area contributed by atoms with Crippen LogP contribution in [0.4, 0.5) is 0 Å². The summed E-state index contributed by atoms with van der Waals surface area (Å²) in [5.74, 6) is 0.297. The van der Waals surface area contributed by atoms with Gasteiger partial charge in [0.2, 0.25) is 11.8 Å². The van der Waals surface area contributed by atoms with E-state index in [4.69, 9.17) is 11.6 Å². The first-order valence-corrected chi connectivity index (χ1v) is 7.71. The summed E-state index contributed by atoms with van der Waals surface area (Å²) in [6, 6.07) is 7.60. The normalized spacial score (nSPS) is 25.9. The summed E-state index contributed by atoms with van der Waals surface area (Å²) >= 11 is 5.86. The van der Waals surface area contributed by atoms with E-state index in [9.17, 15) is 9.59 Å². The van der Waals surface area contributed by atoms with Crippen LogP contribution in [0, 0.1) is 5.92 Å². The van der Waals surface area contributed by atoms with Gasteiger partial charge in [0.15, 0.2) is 0 Å². The lowest BCUT2D eigenvalue weighted by Gasteiger charge is -2.40. The number of hydrogen-bond acceptors (Lipinski definition) is 2. The van der Waals surface area contributed by atoms with Crippen molar-refractivity contribution in [2.45, 2.75) is 31.7 Å². The summed E-state index contributed by atoms with van der Waals surface area (Å²) in [6.07, 6.45) is 2.78. The van der Waals surface area contributed by atoms with Crippen molar-refractivity contribution in [3.8, 4) is 0 Å². The van der Waals surface area contributed by atoms with Crippen molar-refractivity contribution in [2.75, 3.05) is 13.1 Å². The average Bonchev–Trinajstić information content (AvgIpc) is 3.28. The Balaban J connectivity index is 1.67. The van der Waals surface area contributed by atoms with Crippen molar-refractivity contribution in [2.24, 2.45) is 5.92 Å². The fourth-order valence-corrected chi connectivity index (χ4v) is 3.12. The van der Waals surface area contributed by atoms with Gasteiger partial charge in [-0.25, -0.2) is 0 Å². The van der Waals surface area contributed by atoms with E-state index in [0.29, 0.717) is 17.5 Å². The van der Waals surface area contributed by atoms with Gasteiger partial charge < -0.3 is 10.2 Å². The SMILES string of the molecule is CC1(C2CC2)NC(=O)CN(CCc2ccc(Cl)cc2)C1=O. The zero-order valence-corrected chi connectivity index (χ0v) is 12.8. The third-order valence-electron chi connectivity index (χ3n) is 4.44. The van der Waals surface area contributed by atoms with Gasteiger partial charge >= 0.3 is 0 Å². The minimum absolute atomic E-state index is 0.0542. The van der Waals surface area contributed by atoms with Crippen molar-refractivity contribution in [1.29, 1.82) is 0 Å². The lowest BCUT2D eigenvalue weighted by atomic mass is 9.91. The van der Waals surface area contributed by atoms with Crippen LogP contribution in [-0.2, 0) is 16.0 Å². The van der Waals surface area contributed by atoms with Gasteiger partial charge in [-0.2, -0.15) is 0 Å². The van der Waals surface area contributed by atoms with Crippen molar-refractivity contribution in [3.63, 3.8) is 0 Å². The van der Waals surface area contributed by atoms with Gasteiger partial charge in [0, 0.05) is 11.6 Å². The van der Waals surface area contributed by atoms with Crippen LogP contribution in [0.25, 0.3) is 0 Å². The molecule has 2 aliphatic rings. The smallest absolute Gasteiger partial charge is 0.248 e. The molecule has 2 fully saturated rings. The van der Waals surface area contributed by atoms with E-state index < -0.39 is 5.54 Å². The van der Waals surface area contributed by atoms with E-state index >= 15 is 0 Å². The van der Waals surface area contributed by atoms with Crippen LogP contribution in [0.5, 0.6) is 0 Å². The molecule has 1 atom stereocenters. The van der Waals surface area contributed by atoms with Crippen LogP contribution in [0.3, 0.4) is 0 Å². The number of halogens is 1. The first kappa shape index (κ1) is 14.4. The minimum Gasteiger partial charge on any atom is -0.340 e. The Morgan fingerprint density at radius 2 is 1.95 bits per heavy atom. The molecule has 21 heavy (non-hydrogen) atoms. The lowest BCUT2D eigenvalue weighted by Crippen LogP contribution is -2.66. The number of carbonyl (C=O) groups excluding carboxylic acids is 2. The Labute approximate surface area is 129 Å². The predicted molar refractivity (Wildman–Crippen MR) is 81.0 cm³/mol. The molecular weight excluding hydrogens is 288 g/mol. The number of nitrogens with one attached hydrogen (secondary N) is 1. The van der Waals surface area contributed by atoms with E-state index in [0.717, 1.165) is 24.8 Å². The summed E-state index contributed by atoms with van der Waals surface area (Å²) in [5, 5.41) is 3.59. The van der Waals surface area contributed by atoms with Crippen LogP contribution in [0.1, 0.15) is 25.3 Å². The summed E-state index contributed by atoms with van der Waals surface area (Å²) in [4.78, 5) is 26.2. The van der Waals surface area contributed by atoms with Crippen molar-refractivity contribution >= 4 is 23.4 Å². The Kier molecular flexibility index (Phi) is 3.66. The lowest BCUT2D eigenvalue weighted by molar-refractivity contribution is -0.150. The topological polar surface area (TPSA) is 49.4 Å². The van der Waals surface area contributed by atoms with Gasteiger partial charge in [0.1, 0.15) is 5.54 Å². The van der Waals surface area contributed by atoms with Crippen LogP contribution in [0.15, 0.2) is 24.3 Å². The molecule has 112 valence electrons. The van der Waals surface area contributed by atoms with Crippen molar-refractivity contribution in [3.05, 3.63) is 34.9 Å². The second-order valence-electron chi connectivity index (χ2n) is 6.13. The molecule has 1 heterocycles. The van der Waals surface area contributed by atoms with Crippen LogP contribution < -0.4 is 5.32 Å². The fraction of sp³-hybridized carbons (Fsp3) is 0.500. The Hall–Kier alpha value is -1.55. The number of nitrogens with zero attached hydrogens (tertiary/aromatic N) is 1. The summed E-state index contributed by atoms with van der Waals surface area (Å²) in [5.41, 5.74) is 0.418.